The molecule has 2 unspecified atom stereocenters. The summed E-state index contributed by atoms with van der Waals surface area (Å²) in [6.07, 6.45) is -2.92. The van der Waals surface area contributed by atoms with E-state index in [0.717, 1.165) is 11.1 Å². The first-order valence-corrected chi connectivity index (χ1v) is 10.8. The van der Waals surface area contributed by atoms with Gasteiger partial charge in [0.15, 0.2) is 11.6 Å². The molecule has 1 spiro atoms. The molecule has 0 aromatic heterocycles. The van der Waals surface area contributed by atoms with Crippen molar-refractivity contribution in [2.45, 2.75) is 34.0 Å². The van der Waals surface area contributed by atoms with Gasteiger partial charge in [-0.25, -0.2) is 4.39 Å². The highest BCUT2D eigenvalue weighted by Crippen LogP contribution is 2.56. The number of rotatable bonds is 2. The summed E-state index contributed by atoms with van der Waals surface area (Å²) in [5.41, 5.74) is -1.72. The molecule has 0 saturated carbocycles. The van der Waals surface area contributed by atoms with Crippen molar-refractivity contribution in [1.29, 1.82) is 0 Å². The second-order valence-corrected chi connectivity index (χ2v) is 11.0. The number of hydrogen-bond donors (Lipinski definition) is 0. The van der Waals surface area contributed by atoms with Gasteiger partial charge in [-0.3, -0.25) is 4.99 Å². The summed E-state index contributed by atoms with van der Waals surface area (Å²) in [5.74, 6) is -1.44. The normalized spacial score (nSPS) is 28.2. The van der Waals surface area contributed by atoms with Gasteiger partial charge in [-0.2, -0.15) is 22.0 Å². The summed E-state index contributed by atoms with van der Waals surface area (Å²) in [6, 6.07) is 3.07. The summed E-state index contributed by atoms with van der Waals surface area (Å²) >= 11 is 11.6. The van der Waals surface area contributed by atoms with Gasteiger partial charge in [-0.15, -0.1) is 11.6 Å². The minimum absolute atomic E-state index is 0.0937. The van der Waals surface area contributed by atoms with Gasteiger partial charge in [0.2, 0.25) is 0 Å². The molecule has 3 nitrogen and oxygen atoms in total. The van der Waals surface area contributed by atoms with E-state index in [4.69, 9.17) is 11.6 Å². The van der Waals surface area contributed by atoms with Crippen molar-refractivity contribution in [3.8, 4) is 0 Å². The average Bonchev–Trinajstić information content (AvgIpc) is 3.00. The lowest BCUT2D eigenvalue weighted by Crippen LogP contribution is -2.39. The van der Waals surface area contributed by atoms with Crippen LogP contribution in [0.3, 0.4) is 0 Å². The molecule has 3 aliphatic rings. The lowest BCUT2D eigenvalue weighted by molar-refractivity contribution is -0.0981. The van der Waals surface area contributed by atoms with Crippen molar-refractivity contribution >= 4 is 56.0 Å². The van der Waals surface area contributed by atoms with Crippen LogP contribution in [0.2, 0.25) is 0 Å². The first-order valence-electron chi connectivity index (χ1n) is 8.53. The Morgan fingerprint density at radius 2 is 1.97 bits per heavy atom. The zero-order chi connectivity index (χ0) is 22.1. The third kappa shape index (κ3) is 3.64. The van der Waals surface area contributed by atoms with E-state index < -0.39 is 38.4 Å². The Morgan fingerprint density at radius 1 is 1.27 bits per heavy atom. The van der Waals surface area contributed by atoms with E-state index in [1.54, 1.807) is 6.07 Å². The fraction of sp³-hybridized carbons (Fsp3) is 0.389. The zero-order valence-corrected chi connectivity index (χ0v) is 19.2. The summed E-state index contributed by atoms with van der Waals surface area (Å²) in [7, 11) is 0. The van der Waals surface area contributed by atoms with Crippen molar-refractivity contribution in [3.05, 3.63) is 57.2 Å². The number of halogens is 9. The molecule has 1 aliphatic carbocycles. The smallest absolute Gasteiger partial charge is 0.417 e. The Labute approximate surface area is 194 Å². The minimum Gasteiger partial charge on any atom is -0.431 e. The van der Waals surface area contributed by atoms with Gasteiger partial charge in [0.1, 0.15) is 14.2 Å². The molecule has 162 valence electrons. The standard InChI is InChI=1S/C18H11BrClF6IN2O/c19-10-2-1-9-12(13(10)21)17(20,27)4-3-16(9)7-29-6-8(18(24,25)26)5-11(14(29)28-16)30-15(22)23/h1-2,5-6,15H,3-4,7H2. The number of nitrogens with zero attached hydrogens (tertiary/aromatic N) is 2. The number of benzene rings is 1. The highest BCUT2D eigenvalue weighted by atomic mass is 127. The first kappa shape index (κ1) is 22.3. The number of alkyl halides is 7. The maximum Gasteiger partial charge on any atom is 0.417 e. The Balaban J connectivity index is 1.87. The number of amidine groups is 1. The van der Waals surface area contributed by atoms with Crippen LogP contribution in [0.1, 0.15) is 24.0 Å². The lowest BCUT2D eigenvalue weighted by atomic mass is 9.76. The van der Waals surface area contributed by atoms with Crippen LogP contribution < -0.4 is 0 Å². The van der Waals surface area contributed by atoms with E-state index in [1.165, 1.54) is 6.07 Å². The molecule has 1 aromatic carbocycles. The van der Waals surface area contributed by atoms with E-state index >= 15 is 0 Å². The molecule has 30 heavy (non-hydrogen) atoms. The number of aliphatic imine (C=N–C) groups is 1. The van der Waals surface area contributed by atoms with E-state index in [2.05, 4.69) is 25.7 Å². The second-order valence-electron chi connectivity index (χ2n) is 7.05. The number of hydrogen-bond acceptors (Lipinski definition) is 3. The third-order valence-corrected chi connectivity index (χ3v) is 7.25. The molecule has 0 bridgehead atoms. The molecule has 2 heterocycles. The summed E-state index contributed by atoms with van der Waals surface area (Å²) < 4.78 is 84.0. The van der Waals surface area contributed by atoms with Crippen LogP contribution in [-0.4, -0.2) is 30.1 Å². The number of fused-ring (bicyclic) bond motifs is 3. The van der Waals surface area contributed by atoms with Crippen LogP contribution in [0.4, 0.5) is 26.3 Å². The summed E-state index contributed by atoms with van der Waals surface area (Å²) in [6.45, 7) is -3.43. The SMILES string of the molecule is Fc1c(Br)ccc2c1C(Cl)(I)CCC21CN2C=C(C(F)(F)F)C=C(OC(F)F)C2=N1. The predicted molar refractivity (Wildman–Crippen MR) is 110 cm³/mol. The average molecular weight is 628 g/mol. The largest absolute Gasteiger partial charge is 0.431 e. The van der Waals surface area contributed by atoms with Crippen LogP contribution in [0, 0.1) is 5.82 Å². The fourth-order valence-corrected chi connectivity index (χ4v) is 5.32. The lowest BCUT2D eigenvalue weighted by Gasteiger charge is -2.39. The molecular formula is C18H11BrClF6IN2O. The molecular weight excluding hydrogens is 616 g/mol. The Hall–Kier alpha value is -0.950. The van der Waals surface area contributed by atoms with Gasteiger partial charge in [-0.05, 0) is 46.5 Å². The topological polar surface area (TPSA) is 24.8 Å². The fourth-order valence-electron chi connectivity index (χ4n) is 3.91. The van der Waals surface area contributed by atoms with Crippen molar-refractivity contribution in [2.75, 3.05) is 6.54 Å². The second kappa shape index (κ2) is 7.29. The maximum atomic E-state index is 15.0. The van der Waals surface area contributed by atoms with Gasteiger partial charge in [0.05, 0.1) is 16.6 Å². The number of allylic oxidation sites excluding steroid dienone is 2. The first-order chi connectivity index (χ1) is 13.8. The van der Waals surface area contributed by atoms with Crippen LogP contribution in [-0.2, 0) is 13.2 Å². The molecule has 1 aromatic rings. The highest BCUT2D eigenvalue weighted by Gasteiger charge is 2.52. The summed E-state index contributed by atoms with van der Waals surface area (Å²) in [5, 5.41) is 0. The van der Waals surface area contributed by atoms with Gasteiger partial charge in [0.25, 0.3) is 0 Å². The predicted octanol–water partition coefficient (Wildman–Crippen LogP) is 6.70. The highest BCUT2D eigenvalue weighted by molar-refractivity contribution is 14.1. The molecule has 0 fully saturated rings. The molecule has 0 amide bonds. The molecule has 0 saturated heterocycles. The van der Waals surface area contributed by atoms with Crippen molar-refractivity contribution < 1.29 is 31.1 Å². The molecule has 2 atom stereocenters. The van der Waals surface area contributed by atoms with E-state index in [9.17, 15) is 26.3 Å². The van der Waals surface area contributed by atoms with E-state index in [-0.39, 0.29) is 35.3 Å². The quantitative estimate of drug-likeness (QED) is 0.207. The molecule has 0 N–H and O–H groups in total. The Kier molecular flexibility index (Phi) is 5.41. The number of ether oxygens (including phenoxy) is 1. The van der Waals surface area contributed by atoms with Gasteiger partial charge in [-0.1, -0.05) is 28.7 Å². The van der Waals surface area contributed by atoms with Gasteiger partial charge in [0, 0.05) is 11.8 Å². The van der Waals surface area contributed by atoms with Crippen molar-refractivity contribution in [2.24, 2.45) is 4.99 Å². The van der Waals surface area contributed by atoms with Gasteiger partial charge < -0.3 is 9.64 Å². The molecule has 0 radical (unpaired) electrons. The van der Waals surface area contributed by atoms with Crippen LogP contribution in [0.5, 0.6) is 0 Å². The third-order valence-electron chi connectivity index (χ3n) is 5.18. The van der Waals surface area contributed by atoms with E-state index in [1.807, 2.05) is 22.6 Å². The van der Waals surface area contributed by atoms with Gasteiger partial charge >= 0.3 is 12.8 Å². The van der Waals surface area contributed by atoms with Crippen LogP contribution in [0.25, 0.3) is 0 Å². The summed E-state index contributed by atoms with van der Waals surface area (Å²) in [4.78, 5) is 5.61. The van der Waals surface area contributed by atoms with Crippen molar-refractivity contribution in [1.82, 2.24) is 4.90 Å². The van der Waals surface area contributed by atoms with Crippen LogP contribution in [0.15, 0.2) is 45.2 Å². The minimum atomic E-state index is -4.77. The maximum absolute atomic E-state index is 15.0. The van der Waals surface area contributed by atoms with Crippen LogP contribution >= 0.6 is 50.1 Å². The zero-order valence-electron chi connectivity index (χ0n) is 14.7. The van der Waals surface area contributed by atoms with Crippen molar-refractivity contribution in [3.63, 3.8) is 0 Å². The molecule has 12 heteroatoms. The molecule has 2 aliphatic heterocycles. The van der Waals surface area contributed by atoms with E-state index in [0.29, 0.717) is 11.6 Å². The Bertz CT molecular complexity index is 1010. The molecule has 4 rings (SSSR count). The monoisotopic (exact) mass is 626 g/mol. The Morgan fingerprint density at radius 3 is 2.60 bits per heavy atom.